The number of hydrogen-bond donors (Lipinski definition) is 6. The maximum absolute atomic E-state index is 12.3. The third kappa shape index (κ3) is 5.16. The molecule has 0 spiro atoms. The van der Waals surface area contributed by atoms with Gasteiger partial charge in [0.15, 0.2) is 0 Å². The second-order valence-corrected chi connectivity index (χ2v) is 6.21. The Labute approximate surface area is 139 Å². The molecule has 11 heteroatoms. The minimum Gasteiger partial charge on any atom is -0.481 e. The molecule has 1 amide bonds. The molecule has 0 radical (unpaired) electrons. The average molecular weight is 345 g/mol. The Morgan fingerprint density at radius 2 is 1.92 bits per heavy atom. The predicted octanol–water partition coefficient (Wildman–Crippen LogP) is -2.33. The summed E-state index contributed by atoms with van der Waals surface area (Å²) in [5.41, 5.74) is 10.0. The van der Waals surface area contributed by atoms with Gasteiger partial charge in [0.2, 0.25) is 5.91 Å². The molecule has 0 bridgehead atoms. The van der Waals surface area contributed by atoms with Gasteiger partial charge in [0, 0.05) is 25.4 Å². The third-order valence-electron chi connectivity index (χ3n) is 4.33. The van der Waals surface area contributed by atoms with Gasteiger partial charge < -0.3 is 36.6 Å². The van der Waals surface area contributed by atoms with Gasteiger partial charge in [-0.15, -0.1) is 0 Å². The van der Waals surface area contributed by atoms with E-state index in [1.165, 1.54) is 4.90 Å². The molecule has 10 nitrogen and oxygen atoms in total. The molecule has 8 N–H and O–H groups in total. The van der Waals surface area contributed by atoms with Crippen molar-refractivity contribution in [2.75, 3.05) is 13.1 Å². The number of nitrogens with zero attached hydrogens (tertiary/aromatic N) is 1. The molecule has 0 aromatic rings. The minimum atomic E-state index is -1.64. The van der Waals surface area contributed by atoms with E-state index in [0.717, 1.165) is 0 Å². The highest BCUT2D eigenvalue weighted by Gasteiger charge is 2.50. The molecule has 0 saturated carbocycles. The van der Waals surface area contributed by atoms with Gasteiger partial charge in [-0.3, -0.25) is 14.4 Å². The molecule has 1 aliphatic heterocycles. The second-order valence-electron chi connectivity index (χ2n) is 6.21. The van der Waals surface area contributed by atoms with Crippen LogP contribution in [0, 0.1) is 5.92 Å². The van der Waals surface area contributed by atoms with Gasteiger partial charge in [-0.25, -0.2) is 0 Å². The quantitative estimate of drug-likeness (QED) is 0.249. The van der Waals surface area contributed by atoms with Crippen LogP contribution < -0.4 is 11.5 Å². The lowest BCUT2D eigenvalue weighted by Crippen LogP contribution is -2.55. The van der Waals surface area contributed by atoms with Gasteiger partial charge in [0.1, 0.15) is 5.54 Å². The fourth-order valence-electron chi connectivity index (χ4n) is 2.88. The molecule has 0 aromatic heterocycles. The summed E-state index contributed by atoms with van der Waals surface area (Å²) < 4.78 is 0. The van der Waals surface area contributed by atoms with Crippen LogP contribution in [0.3, 0.4) is 0 Å². The molecule has 1 aliphatic rings. The average Bonchev–Trinajstić information content (AvgIpc) is 2.82. The fraction of sp³-hybridized carbons (Fsp3) is 0.769. The van der Waals surface area contributed by atoms with Crippen LogP contribution in [0.25, 0.3) is 0 Å². The molecule has 136 valence electrons. The van der Waals surface area contributed by atoms with Crippen molar-refractivity contribution in [3.05, 3.63) is 0 Å². The summed E-state index contributed by atoms with van der Waals surface area (Å²) in [4.78, 5) is 35.6. The Balaban J connectivity index is 2.72. The molecule has 1 rings (SSSR count). The highest BCUT2D eigenvalue weighted by molar-refractivity contribution is 6.40. The second kappa shape index (κ2) is 8.42. The van der Waals surface area contributed by atoms with Crippen molar-refractivity contribution in [2.24, 2.45) is 17.4 Å². The SMILES string of the molecule is N[C@@H](CCC(=O)O)C(=O)N1C[C@H](CCCB(O)O)[C@](N)(C(=O)O)C1. The molecular formula is C13H24BN3O7. The Morgan fingerprint density at radius 1 is 1.29 bits per heavy atom. The number of carbonyl (C=O) groups excluding carboxylic acids is 1. The lowest BCUT2D eigenvalue weighted by atomic mass is 9.78. The Morgan fingerprint density at radius 3 is 2.42 bits per heavy atom. The molecule has 1 fully saturated rings. The van der Waals surface area contributed by atoms with Gasteiger partial charge in [-0.1, -0.05) is 6.42 Å². The van der Waals surface area contributed by atoms with Crippen molar-refractivity contribution in [1.29, 1.82) is 0 Å². The zero-order chi connectivity index (χ0) is 18.5. The number of nitrogens with two attached hydrogens (primary N) is 2. The molecule has 1 saturated heterocycles. The van der Waals surface area contributed by atoms with E-state index in [9.17, 15) is 19.5 Å². The lowest BCUT2D eigenvalue weighted by molar-refractivity contribution is -0.144. The summed E-state index contributed by atoms with van der Waals surface area (Å²) in [5.74, 6) is -3.40. The van der Waals surface area contributed by atoms with E-state index in [0.29, 0.717) is 12.8 Å². The van der Waals surface area contributed by atoms with Crippen LogP contribution in [0.5, 0.6) is 0 Å². The highest BCUT2D eigenvalue weighted by atomic mass is 16.4. The summed E-state index contributed by atoms with van der Waals surface area (Å²) in [6.07, 6.45) is 0.441. The Kier molecular flexibility index (Phi) is 7.15. The van der Waals surface area contributed by atoms with Crippen molar-refractivity contribution in [3.63, 3.8) is 0 Å². The molecule has 24 heavy (non-hydrogen) atoms. The first-order chi connectivity index (χ1) is 11.1. The first-order valence-electron chi connectivity index (χ1n) is 7.72. The van der Waals surface area contributed by atoms with Crippen molar-refractivity contribution < 1.29 is 34.6 Å². The maximum atomic E-state index is 12.3. The highest BCUT2D eigenvalue weighted by Crippen LogP contribution is 2.31. The monoisotopic (exact) mass is 345 g/mol. The van der Waals surface area contributed by atoms with Gasteiger partial charge >= 0.3 is 19.1 Å². The van der Waals surface area contributed by atoms with Crippen molar-refractivity contribution >= 4 is 25.0 Å². The van der Waals surface area contributed by atoms with Crippen molar-refractivity contribution in [1.82, 2.24) is 4.90 Å². The summed E-state index contributed by atoms with van der Waals surface area (Å²) in [6, 6.07) is -1.03. The summed E-state index contributed by atoms with van der Waals surface area (Å²) >= 11 is 0. The van der Waals surface area contributed by atoms with Gasteiger partial charge in [0.25, 0.3) is 0 Å². The standard InChI is InChI=1S/C13H24BN3O7/c15-9(3-4-10(18)19)11(20)17-6-8(2-1-5-14(23)24)13(16,7-17)12(21)22/h8-9,23-24H,1-7,15-16H2,(H,18,19)(H,21,22)/t8-,9-,13-/m0/s1. The number of amides is 1. The zero-order valence-electron chi connectivity index (χ0n) is 13.3. The van der Waals surface area contributed by atoms with Crippen LogP contribution in [0.15, 0.2) is 0 Å². The smallest absolute Gasteiger partial charge is 0.451 e. The van der Waals surface area contributed by atoms with E-state index in [1.54, 1.807) is 0 Å². The van der Waals surface area contributed by atoms with E-state index in [-0.39, 0.29) is 32.3 Å². The Bertz CT molecular complexity index is 490. The lowest BCUT2D eigenvalue weighted by Gasteiger charge is -2.25. The van der Waals surface area contributed by atoms with E-state index in [4.69, 9.17) is 26.6 Å². The molecule has 0 aromatic carbocycles. The van der Waals surface area contributed by atoms with Crippen LogP contribution in [-0.2, 0) is 14.4 Å². The van der Waals surface area contributed by atoms with Gasteiger partial charge in [-0.05, 0) is 19.2 Å². The number of rotatable bonds is 9. The summed E-state index contributed by atoms with van der Waals surface area (Å²) in [5, 5.41) is 35.7. The number of aliphatic carboxylic acids is 2. The molecule has 0 unspecified atom stereocenters. The van der Waals surface area contributed by atoms with E-state index in [1.807, 2.05) is 0 Å². The molecular weight excluding hydrogens is 321 g/mol. The van der Waals surface area contributed by atoms with Crippen molar-refractivity contribution in [3.8, 4) is 0 Å². The third-order valence-corrected chi connectivity index (χ3v) is 4.33. The van der Waals surface area contributed by atoms with E-state index < -0.39 is 42.5 Å². The Hall–Kier alpha value is -1.69. The molecule has 0 aliphatic carbocycles. The first kappa shape index (κ1) is 20.4. The first-order valence-corrected chi connectivity index (χ1v) is 7.72. The fourth-order valence-corrected chi connectivity index (χ4v) is 2.88. The van der Waals surface area contributed by atoms with Crippen LogP contribution in [0.1, 0.15) is 25.7 Å². The van der Waals surface area contributed by atoms with E-state index >= 15 is 0 Å². The zero-order valence-corrected chi connectivity index (χ0v) is 13.3. The van der Waals surface area contributed by atoms with Crippen LogP contribution in [0.4, 0.5) is 0 Å². The summed E-state index contributed by atoms with van der Waals surface area (Å²) in [7, 11) is -1.48. The predicted molar refractivity (Wildman–Crippen MR) is 83.7 cm³/mol. The largest absolute Gasteiger partial charge is 0.481 e. The van der Waals surface area contributed by atoms with Gasteiger partial charge in [0.05, 0.1) is 6.04 Å². The minimum absolute atomic E-state index is 0.0450. The number of hydrogen-bond acceptors (Lipinski definition) is 7. The van der Waals surface area contributed by atoms with Crippen LogP contribution in [-0.4, -0.2) is 74.8 Å². The molecule has 1 heterocycles. The van der Waals surface area contributed by atoms with Crippen LogP contribution >= 0.6 is 0 Å². The summed E-state index contributed by atoms with van der Waals surface area (Å²) in [6.45, 7) is -0.127. The number of carbonyl (C=O) groups is 3. The topological polar surface area (TPSA) is 187 Å². The number of likely N-dealkylation sites (tertiary alicyclic amines) is 1. The normalized spacial score (nSPS) is 24.7. The van der Waals surface area contributed by atoms with Crippen molar-refractivity contribution in [2.45, 2.75) is 43.6 Å². The van der Waals surface area contributed by atoms with Gasteiger partial charge in [-0.2, -0.15) is 0 Å². The maximum Gasteiger partial charge on any atom is 0.451 e. The molecule has 3 atom stereocenters. The number of carboxylic acid groups (broad SMARTS) is 2. The van der Waals surface area contributed by atoms with E-state index in [2.05, 4.69) is 0 Å². The van der Waals surface area contributed by atoms with Crippen LogP contribution in [0.2, 0.25) is 6.32 Å². The number of carboxylic acids is 2.